The molecule has 154 valence electrons. The molecule has 1 aliphatic carbocycles. The molecule has 0 fully saturated rings. The predicted octanol–water partition coefficient (Wildman–Crippen LogP) is 0.708. The van der Waals surface area contributed by atoms with E-state index in [2.05, 4.69) is 14.9 Å². The molecule has 29 heavy (non-hydrogen) atoms. The molecule has 2 heterocycles. The summed E-state index contributed by atoms with van der Waals surface area (Å²) >= 11 is 0. The molecule has 4 rings (SSSR count). The zero-order valence-electron chi connectivity index (χ0n) is 16.4. The fraction of sp³-hybridized carbons (Fsp3) is 0.421. The Morgan fingerprint density at radius 2 is 1.86 bits per heavy atom. The van der Waals surface area contributed by atoms with Gasteiger partial charge < -0.3 is 0 Å². The molecule has 2 aromatic heterocycles. The molecule has 0 saturated heterocycles. The standard InChI is InChI=1S/C19H23N5O4S/c1-23-17-9-8-12(10-14(17)18(25)24(2)19(23)26)29(27,28)20-11-16-13-6-4-3-5-7-15(13)21-22-16/h8-10,20H,3-7,11H2,1-2H3,(H,21,22). The first-order valence-corrected chi connectivity index (χ1v) is 11.0. The third kappa shape index (κ3) is 3.42. The van der Waals surface area contributed by atoms with Crippen LogP contribution in [0.1, 0.15) is 36.2 Å². The minimum atomic E-state index is -3.86. The van der Waals surface area contributed by atoms with Crippen LogP contribution in [0.3, 0.4) is 0 Å². The molecule has 10 heteroatoms. The number of aromatic nitrogens is 4. The predicted molar refractivity (Wildman–Crippen MR) is 108 cm³/mol. The summed E-state index contributed by atoms with van der Waals surface area (Å²) in [6.07, 6.45) is 5.15. The molecule has 1 aliphatic rings. The van der Waals surface area contributed by atoms with Gasteiger partial charge in [0.1, 0.15) is 0 Å². The smallest absolute Gasteiger partial charge is 0.296 e. The van der Waals surface area contributed by atoms with Gasteiger partial charge in [0.25, 0.3) is 5.56 Å². The second-order valence-electron chi connectivity index (χ2n) is 7.40. The number of nitrogens with one attached hydrogen (secondary N) is 2. The lowest BCUT2D eigenvalue weighted by atomic mass is 10.1. The summed E-state index contributed by atoms with van der Waals surface area (Å²) in [5.41, 5.74) is 2.30. The number of rotatable bonds is 4. The maximum atomic E-state index is 12.8. The van der Waals surface area contributed by atoms with Gasteiger partial charge in [0, 0.05) is 19.8 Å². The molecule has 0 bridgehead atoms. The van der Waals surface area contributed by atoms with Gasteiger partial charge >= 0.3 is 5.69 Å². The summed E-state index contributed by atoms with van der Waals surface area (Å²) in [5.74, 6) is 0. The third-order valence-corrected chi connectivity index (χ3v) is 6.97. The van der Waals surface area contributed by atoms with Gasteiger partial charge in [-0.1, -0.05) is 6.42 Å². The van der Waals surface area contributed by atoms with E-state index in [-0.39, 0.29) is 16.8 Å². The average molecular weight is 417 g/mol. The Balaban J connectivity index is 1.66. The van der Waals surface area contributed by atoms with Crippen molar-refractivity contribution in [3.8, 4) is 0 Å². The number of aryl methyl sites for hydroxylation is 2. The highest BCUT2D eigenvalue weighted by molar-refractivity contribution is 7.89. The van der Waals surface area contributed by atoms with Crippen molar-refractivity contribution in [3.63, 3.8) is 0 Å². The number of benzene rings is 1. The minimum absolute atomic E-state index is 0.0256. The van der Waals surface area contributed by atoms with Crippen molar-refractivity contribution in [1.82, 2.24) is 24.1 Å². The van der Waals surface area contributed by atoms with Crippen molar-refractivity contribution in [2.24, 2.45) is 14.1 Å². The second kappa shape index (κ2) is 7.27. The molecule has 0 unspecified atom stereocenters. The van der Waals surface area contributed by atoms with Crippen LogP contribution in [0.25, 0.3) is 10.9 Å². The van der Waals surface area contributed by atoms with E-state index in [0.717, 1.165) is 47.9 Å². The molecule has 3 aromatic rings. The number of nitrogens with zero attached hydrogens (tertiary/aromatic N) is 3. The van der Waals surface area contributed by atoms with Crippen molar-refractivity contribution in [2.45, 2.75) is 43.5 Å². The first kappa shape index (κ1) is 19.6. The molecule has 0 aliphatic heterocycles. The summed E-state index contributed by atoms with van der Waals surface area (Å²) in [7, 11) is -0.946. The zero-order valence-corrected chi connectivity index (χ0v) is 17.2. The fourth-order valence-corrected chi connectivity index (χ4v) is 4.87. The summed E-state index contributed by atoms with van der Waals surface area (Å²) in [6, 6.07) is 4.19. The number of H-pyrrole nitrogens is 1. The Morgan fingerprint density at radius 1 is 1.10 bits per heavy atom. The van der Waals surface area contributed by atoms with E-state index in [4.69, 9.17) is 0 Å². The topological polar surface area (TPSA) is 119 Å². The van der Waals surface area contributed by atoms with Crippen molar-refractivity contribution in [3.05, 3.63) is 56.0 Å². The van der Waals surface area contributed by atoms with E-state index < -0.39 is 21.3 Å². The van der Waals surface area contributed by atoms with Crippen molar-refractivity contribution in [1.29, 1.82) is 0 Å². The largest absolute Gasteiger partial charge is 0.330 e. The highest BCUT2D eigenvalue weighted by Gasteiger charge is 2.20. The molecule has 1 aromatic carbocycles. The van der Waals surface area contributed by atoms with Crippen LogP contribution in [-0.2, 0) is 43.5 Å². The maximum Gasteiger partial charge on any atom is 0.330 e. The van der Waals surface area contributed by atoms with E-state index in [1.54, 1.807) is 7.05 Å². The molecule has 9 nitrogen and oxygen atoms in total. The Kier molecular flexibility index (Phi) is 4.91. The monoisotopic (exact) mass is 417 g/mol. The van der Waals surface area contributed by atoms with Crippen LogP contribution < -0.4 is 16.0 Å². The van der Waals surface area contributed by atoms with E-state index in [9.17, 15) is 18.0 Å². The van der Waals surface area contributed by atoms with E-state index in [1.807, 2.05) is 0 Å². The summed E-state index contributed by atoms with van der Waals surface area (Å²) in [4.78, 5) is 24.5. The molecule has 0 amide bonds. The van der Waals surface area contributed by atoms with Crippen molar-refractivity contribution in [2.75, 3.05) is 0 Å². The van der Waals surface area contributed by atoms with E-state index in [0.29, 0.717) is 11.2 Å². The molecule has 0 saturated carbocycles. The molecular weight excluding hydrogens is 394 g/mol. The van der Waals surface area contributed by atoms with Crippen LogP contribution in [0.5, 0.6) is 0 Å². The van der Waals surface area contributed by atoms with Crippen LogP contribution in [0, 0.1) is 0 Å². The summed E-state index contributed by atoms with van der Waals surface area (Å²) in [5, 5.41) is 7.49. The number of fused-ring (bicyclic) bond motifs is 2. The fourth-order valence-electron chi connectivity index (χ4n) is 3.86. The van der Waals surface area contributed by atoms with Crippen LogP contribution >= 0.6 is 0 Å². The van der Waals surface area contributed by atoms with Gasteiger partial charge in [0.2, 0.25) is 10.0 Å². The highest BCUT2D eigenvalue weighted by Crippen LogP contribution is 2.22. The van der Waals surface area contributed by atoms with Gasteiger partial charge in [0.05, 0.1) is 28.0 Å². The van der Waals surface area contributed by atoms with Gasteiger partial charge in [-0.05, 0) is 49.4 Å². The first-order valence-electron chi connectivity index (χ1n) is 9.54. The van der Waals surface area contributed by atoms with Gasteiger partial charge in [-0.15, -0.1) is 0 Å². The van der Waals surface area contributed by atoms with E-state index >= 15 is 0 Å². The Labute approximate surface area is 167 Å². The number of sulfonamides is 1. The van der Waals surface area contributed by atoms with Gasteiger partial charge in [0.15, 0.2) is 0 Å². The van der Waals surface area contributed by atoms with E-state index in [1.165, 1.54) is 29.8 Å². The molecular formula is C19H23N5O4S. The number of hydrogen-bond donors (Lipinski definition) is 2. The van der Waals surface area contributed by atoms with Crippen LogP contribution in [-0.4, -0.2) is 27.7 Å². The summed E-state index contributed by atoms with van der Waals surface area (Å²) in [6.45, 7) is 0.0808. The quantitative estimate of drug-likeness (QED) is 0.606. The first-order chi connectivity index (χ1) is 13.8. The van der Waals surface area contributed by atoms with Crippen LogP contribution in [0.15, 0.2) is 32.7 Å². The van der Waals surface area contributed by atoms with Gasteiger partial charge in [-0.3, -0.25) is 19.0 Å². The second-order valence-corrected chi connectivity index (χ2v) is 9.16. The maximum absolute atomic E-state index is 12.8. The van der Waals surface area contributed by atoms with Gasteiger partial charge in [-0.25, -0.2) is 17.9 Å². The third-order valence-electron chi connectivity index (χ3n) is 5.57. The number of hydrogen-bond acceptors (Lipinski definition) is 5. The van der Waals surface area contributed by atoms with Crippen molar-refractivity contribution >= 4 is 20.9 Å². The zero-order chi connectivity index (χ0) is 20.8. The van der Waals surface area contributed by atoms with Crippen molar-refractivity contribution < 1.29 is 8.42 Å². The molecule has 0 atom stereocenters. The van der Waals surface area contributed by atoms with Crippen LogP contribution in [0.2, 0.25) is 0 Å². The minimum Gasteiger partial charge on any atom is -0.296 e. The SMILES string of the molecule is Cn1c(=O)c2cc(S(=O)(=O)NCc3n[nH]c4c3CCCCC4)ccc2n(C)c1=O. The number of aromatic amines is 1. The Hall–Kier alpha value is -2.72. The Morgan fingerprint density at radius 3 is 2.66 bits per heavy atom. The van der Waals surface area contributed by atoms with Crippen LogP contribution in [0.4, 0.5) is 0 Å². The highest BCUT2D eigenvalue weighted by atomic mass is 32.2. The Bertz CT molecular complexity index is 1320. The normalized spacial score (nSPS) is 14.7. The summed E-state index contributed by atoms with van der Waals surface area (Å²) < 4.78 is 30.5. The lowest BCUT2D eigenvalue weighted by Gasteiger charge is -2.10. The molecule has 0 radical (unpaired) electrons. The lowest BCUT2D eigenvalue weighted by Crippen LogP contribution is -2.37. The average Bonchev–Trinajstić information content (AvgIpc) is 2.94. The van der Waals surface area contributed by atoms with Gasteiger partial charge in [-0.2, -0.15) is 5.10 Å². The molecule has 2 N–H and O–H groups in total. The lowest BCUT2D eigenvalue weighted by molar-refractivity contribution is 0.580. The molecule has 0 spiro atoms.